The molecular formula is C12H14N2O4. The number of rotatable bonds is 4. The van der Waals surface area contributed by atoms with Crippen LogP contribution >= 0.6 is 0 Å². The summed E-state index contributed by atoms with van der Waals surface area (Å²) in [6.45, 7) is 3.94. The predicted octanol–water partition coefficient (Wildman–Crippen LogP) is 1.91. The molecule has 2 rings (SSSR count). The van der Waals surface area contributed by atoms with Crippen molar-refractivity contribution < 1.29 is 19.1 Å². The Morgan fingerprint density at radius 3 is 2.78 bits per heavy atom. The zero-order chi connectivity index (χ0) is 13.3. The Hall–Kier alpha value is -2.24. The van der Waals surface area contributed by atoms with E-state index in [0.29, 0.717) is 11.5 Å². The summed E-state index contributed by atoms with van der Waals surface area (Å²) >= 11 is 0. The third-order valence-electron chi connectivity index (χ3n) is 2.70. The molecule has 18 heavy (non-hydrogen) atoms. The highest BCUT2D eigenvalue weighted by molar-refractivity contribution is 5.87. The molecule has 1 N–H and O–H groups in total. The van der Waals surface area contributed by atoms with Gasteiger partial charge in [0.05, 0.1) is 11.3 Å². The highest BCUT2D eigenvalue weighted by Gasteiger charge is 2.13. The molecule has 6 nitrogen and oxygen atoms in total. The molecular weight excluding hydrogens is 236 g/mol. The Morgan fingerprint density at radius 1 is 1.56 bits per heavy atom. The van der Waals surface area contributed by atoms with Crippen LogP contribution < -0.4 is 4.74 Å². The summed E-state index contributed by atoms with van der Waals surface area (Å²) in [6.07, 6.45) is 1.20. The van der Waals surface area contributed by atoms with Crippen LogP contribution in [-0.2, 0) is 13.7 Å². The fourth-order valence-electron chi connectivity index (χ4n) is 1.67. The lowest BCUT2D eigenvalue weighted by atomic mass is 10.3. The van der Waals surface area contributed by atoms with E-state index in [2.05, 4.69) is 5.10 Å². The zero-order valence-corrected chi connectivity index (χ0v) is 10.4. The van der Waals surface area contributed by atoms with E-state index in [1.165, 1.54) is 12.3 Å². The summed E-state index contributed by atoms with van der Waals surface area (Å²) in [7, 11) is 1.84. The summed E-state index contributed by atoms with van der Waals surface area (Å²) in [5.41, 5.74) is 1.82. The molecule has 0 atom stereocenters. The minimum atomic E-state index is -1.02. The number of aromatic nitrogens is 2. The van der Waals surface area contributed by atoms with Gasteiger partial charge in [-0.1, -0.05) is 0 Å². The maximum absolute atomic E-state index is 10.7. The maximum Gasteiger partial charge on any atom is 0.338 e. The van der Waals surface area contributed by atoms with Crippen molar-refractivity contribution in [3.8, 4) is 5.75 Å². The second kappa shape index (κ2) is 4.56. The highest BCUT2D eigenvalue weighted by Crippen LogP contribution is 2.22. The normalized spacial score (nSPS) is 10.6. The first-order valence-corrected chi connectivity index (χ1v) is 5.42. The molecule has 0 aromatic carbocycles. The number of nitrogens with zero attached hydrogens (tertiary/aromatic N) is 2. The fourth-order valence-corrected chi connectivity index (χ4v) is 1.67. The zero-order valence-electron chi connectivity index (χ0n) is 10.4. The molecule has 0 fully saturated rings. The van der Waals surface area contributed by atoms with E-state index in [9.17, 15) is 4.79 Å². The number of hydrogen-bond acceptors (Lipinski definition) is 4. The van der Waals surface area contributed by atoms with Crippen LogP contribution in [0.25, 0.3) is 0 Å². The first-order valence-electron chi connectivity index (χ1n) is 5.42. The highest BCUT2D eigenvalue weighted by atomic mass is 16.5. The molecule has 0 unspecified atom stereocenters. The second-order valence-electron chi connectivity index (χ2n) is 4.02. The molecule has 6 heteroatoms. The number of aryl methyl sites for hydroxylation is 2. The van der Waals surface area contributed by atoms with Crippen LogP contribution in [0.5, 0.6) is 5.75 Å². The molecule has 96 valence electrons. The first-order chi connectivity index (χ1) is 8.49. The lowest BCUT2D eigenvalue weighted by Gasteiger charge is -2.03. The van der Waals surface area contributed by atoms with Crippen LogP contribution in [0.15, 0.2) is 16.7 Å². The Balaban J connectivity index is 2.09. The largest absolute Gasteiger partial charge is 0.482 e. The van der Waals surface area contributed by atoms with Gasteiger partial charge < -0.3 is 14.3 Å². The number of carboxylic acids is 1. The Morgan fingerprint density at radius 2 is 2.28 bits per heavy atom. The molecule has 0 radical (unpaired) electrons. The number of carbonyl (C=O) groups is 1. The Kier molecular flexibility index (Phi) is 3.10. The molecule has 2 aromatic rings. The topological polar surface area (TPSA) is 77.5 Å². The standard InChI is InChI=1S/C12H14N2O4/c1-7-11(8(2)14(3)13-7)18-6-10-4-9(5-17-10)12(15)16/h4-5H,6H2,1-3H3,(H,15,16). The summed E-state index contributed by atoms with van der Waals surface area (Å²) in [4.78, 5) is 10.7. The number of carboxylic acid groups (broad SMARTS) is 1. The molecule has 0 aliphatic carbocycles. The number of hydrogen-bond donors (Lipinski definition) is 1. The van der Waals surface area contributed by atoms with Crippen LogP contribution in [0.4, 0.5) is 0 Å². The smallest absolute Gasteiger partial charge is 0.338 e. The summed E-state index contributed by atoms with van der Waals surface area (Å²) < 4.78 is 12.4. The predicted molar refractivity (Wildman–Crippen MR) is 62.7 cm³/mol. The van der Waals surface area contributed by atoms with Gasteiger partial charge in [0.15, 0.2) is 5.75 Å². The third-order valence-corrected chi connectivity index (χ3v) is 2.70. The van der Waals surface area contributed by atoms with Crippen molar-refractivity contribution in [2.24, 2.45) is 7.05 Å². The van der Waals surface area contributed by atoms with Gasteiger partial charge in [-0.3, -0.25) is 4.68 Å². The van der Waals surface area contributed by atoms with E-state index in [1.807, 2.05) is 20.9 Å². The summed E-state index contributed by atoms with van der Waals surface area (Å²) in [5, 5.41) is 13.0. The van der Waals surface area contributed by atoms with E-state index in [-0.39, 0.29) is 12.2 Å². The quantitative estimate of drug-likeness (QED) is 0.896. The third kappa shape index (κ3) is 2.22. The number of aromatic carboxylic acids is 1. The van der Waals surface area contributed by atoms with E-state index in [1.54, 1.807) is 4.68 Å². The minimum Gasteiger partial charge on any atom is -0.482 e. The van der Waals surface area contributed by atoms with Gasteiger partial charge in [-0.25, -0.2) is 4.79 Å². The monoisotopic (exact) mass is 250 g/mol. The number of ether oxygens (including phenoxy) is 1. The van der Waals surface area contributed by atoms with E-state index >= 15 is 0 Å². The molecule has 0 aliphatic rings. The average Bonchev–Trinajstić information content (AvgIpc) is 2.85. The van der Waals surface area contributed by atoms with Gasteiger partial charge in [0.1, 0.15) is 24.3 Å². The molecule has 0 saturated heterocycles. The summed E-state index contributed by atoms with van der Waals surface area (Å²) in [6, 6.07) is 1.45. The molecule has 0 bridgehead atoms. The van der Waals surface area contributed by atoms with Crippen molar-refractivity contribution in [2.75, 3.05) is 0 Å². The lowest BCUT2D eigenvalue weighted by molar-refractivity contribution is 0.0696. The Bertz CT molecular complexity index is 583. The van der Waals surface area contributed by atoms with E-state index < -0.39 is 5.97 Å². The van der Waals surface area contributed by atoms with Crippen LogP contribution in [0.2, 0.25) is 0 Å². The molecule has 2 aromatic heterocycles. The fraction of sp³-hybridized carbons (Fsp3) is 0.333. The van der Waals surface area contributed by atoms with Gasteiger partial charge in [-0.15, -0.1) is 0 Å². The van der Waals surface area contributed by atoms with Gasteiger partial charge in [-0.05, 0) is 19.9 Å². The van der Waals surface area contributed by atoms with Crippen molar-refractivity contribution in [1.82, 2.24) is 9.78 Å². The average molecular weight is 250 g/mol. The van der Waals surface area contributed by atoms with Crippen molar-refractivity contribution in [2.45, 2.75) is 20.5 Å². The van der Waals surface area contributed by atoms with Gasteiger partial charge in [0, 0.05) is 7.05 Å². The van der Waals surface area contributed by atoms with Gasteiger partial charge in [-0.2, -0.15) is 5.10 Å². The molecule has 0 aliphatic heterocycles. The molecule has 0 amide bonds. The lowest BCUT2D eigenvalue weighted by Crippen LogP contribution is -1.97. The van der Waals surface area contributed by atoms with E-state index in [0.717, 1.165) is 11.4 Å². The van der Waals surface area contributed by atoms with Crippen molar-refractivity contribution in [3.05, 3.63) is 35.0 Å². The van der Waals surface area contributed by atoms with Crippen LogP contribution in [-0.4, -0.2) is 20.9 Å². The maximum atomic E-state index is 10.7. The van der Waals surface area contributed by atoms with E-state index in [4.69, 9.17) is 14.3 Å². The second-order valence-corrected chi connectivity index (χ2v) is 4.02. The summed E-state index contributed by atoms with van der Waals surface area (Å²) in [5.74, 6) is 0.152. The Labute approximate surface area is 104 Å². The van der Waals surface area contributed by atoms with Crippen molar-refractivity contribution in [3.63, 3.8) is 0 Å². The van der Waals surface area contributed by atoms with Gasteiger partial charge in [0.25, 0.3) is 0 Å². The van der Waals surface area contributed by atoms with Crippen molar-refractivity contribution in [1.29, 1.82) is 0 Å². The molecule has 0 spiro atoms. The first kappa shape index (κ1) is 12.2. The van der Waals surface area contributed by atoms with Gasteiger partial charge >= 0.3 is 5.97 Å². The number of furan rings is 1. The van der Waals surface area contributed by atoms with Crippen LogP contribution in [0.1, 0.15) is 27.5 Å². The molecule has 0 saturated carbocycles. The minimum absolute atomic E-state index is 0.119. The van der Waals surface area contributed by atoms with Crippen LogP contribution in [0, 0.1) is 13.8 Å². The molecule has 2 heterocycles. The van der Waals surface area contributed by atoms with Crippen LogP contribution in [0.3, 0.4) is 0 Å². The SMILES string of the molecule is Cc1nn(C)c(C)c1OCc1cc(C(=O)O)co1. The van der Waals surface area contributed by atoms with Gasteiger partial charge in [0.2, 0.25) is 0 Å². The van der Waals surface area contributed by atoms with Crippen molar-refractivity contribution >= 4 is 5.97 Å².